The van der Waals surface area contributed by atoms with Crippen LogP contribution in [0, 0.1) is 23.4 Å². The fourth-order valence-corrected chi connectivity index (χ4v) is 1.68. The number of ether oxygens (including phenoxy) is 1. The monoisotopic (exact) mass is 260 g/mol. The van der Waals surface area contributed by atoms with Crippen LogP contribution in [-0.2, 0) is 9.53 Å². The standard InChI is InChI=1S/C11H11F3N2O2/c12-6-1-8(14)10(2-7(6)13)16-11(17)5-3-18-4-9(5)15/h1-2,5,9H,3-4,15H2,(H,16,17). The minimum atomic E-state index is -1.31. The molecular formula is C11H11F3N2O2. The minimum absolute atomic E-state index is 0.123. The molecule has 0 spiro atoms. The van der Waals surface area contributed by atoms with E-state index in [1.54, 1.807) is 0 Å². The summed E-state index contributed by atoms with van der Waals surface area (Å²) < 4.78 is 43.9. The number of nitrogens with two attached hydrogens (primary N) is 1. The lowest BCUT2D eigenvalue weighted by atomic mass is 10.0. The van der Waals surface area contributed by atoms with Gasteiger partial charge < -0.3 is 15.8 Å². The fourth-order valence-electron chi connectivity index (χ4n) is 1.68. The van der Waals surface area contributed by atoms with Crippen molar-refractivity contribution in [3.8, 4) is 0 Å². The summed E-state index contributed by atoms with van der Waals surface area (Å²) in [5.41, 5.74) is 5.19. The van der Waals surface area contributed by atoms with Gasteiger partial charge in [-0.15, -0.1) is 0 Å². The summed E-state index contributed by atoms with van der Waals surface area (Å²) in [6, 6.07) is 0.471. The van der Waals surface area contributed by atoms with Crippen molar-refractivity contribution in [2.45, 2.75) is 6.04 Å². The Labute approximate surface area is 101 Å². The van der Waals surface area contributed by atoms with Gasteiger partial charge in [0.2, 0.25) is 5.91 Å². The van der Waals surface area contributed by atoms with E-state index in [1.165, 1.54) is 0 Å². The maximum absolute atomic E-state index is 13.3. The van der Waals surface area contributed by atoms with Crippen LogP contribution in [0.25, 0.3) is 0 Å². The zero-order chi connectivity index (χ0) is 13.3. The Bertz CT molecular complexity index is 482. The topological polar surface area (TPSA) is 64.3 Å². The molecule has 1 heterocycles. The number of hydrogen-bond donors (Lipinski definition) is 2. The molecule has 3 N–H and O–H groups in total. The van der Waals surface area contributed by atoms with Crippen LogP contribution in [0.5, 0.6) is 0 Å². The Balaban J connectivity index is 2.14. The average Bonchev–Trinajstić information content (AvgIpc) is 2.72. The van der Waals surface area contributed by atoms with Crippen LogP contribution in [0.4, 0.5) is 18.9 Å². The molecule has 2 rings (SSSR count). The third-order valence-corrected chi connectivity index (χ3v) is 2.73. The molecule has 1 fully saturated rings. The molecule has 2 unspecified atom stereocenters. The van der Waals surface area contributed by atoms with Crippen LogP contribution in [0.15, 0.2) is 12.1 Å². The third-order valence-electron chi connectivity index (χ3n) is 2.73. The minimum Gasteiger partial charge on any atom is -0.379 e. The Kier molecular flexibility index (Phi) is 3.53. The second-order valence-corrected chi connectivity index (χ2v) is 4.04. The molecule has 1 aliphatic heterocycles. The number of anilines is 1. The van der Waals surface area contributed by atoms with Crippen LogP contribution in [0.2, 0.25) is 0 Å². The molecular weight excluding hydrogens is 249 g/mol. The summed E-state index contributed by atoms with van der Waals surface area (Å²) in [7, 11) is 0. The summed E-state index contributed by atoms with van der Waals surface area (Å²) in [6.07, 6.45) is 0. The molecule has 0 aliphatic carbocycles. The van der Waals surface area contributed by atoms with Gasteiger partial charge in [-0.25, -0.2) is 13.2 Å². The van der Waals surface area contributed by atoms with Crippen LogP contribution >= 0.6 is 0 Å². The number of nitrogens with one attached hydrogen (secondary N) is 1. The molecule has 2 atom stereocenters. The van der Waals surface area contributed by atoms with Crippen LogP contribution in [0.3, 0.4) is 0 Å². The second kappa shape index (κ2) is 4.95. The number of rotatable bonds is 2. The van der Waals surface area contributed by atoms with Crippen LogP contribution < -0.4 is 11.1 Å². The van der Waals surface area contributed by atoms with E-state index in [2.05, 4.69) is 5.32 Å². The van der Waals surface area contributed by atoms with Gasteiger partial charge in [-0.3, -0.25) is 4.79 Å². The van der Waals surface area contributed by atoms with Crippen molar-refractivity contribution in [3.05, 3.63) is 29.6 Å². The summed E-state index contributed by atoms with van der Waals surface area (Å²) in [5.74, 6) is -4.80. The lowest BCUT2D eigenvalue weighted by Crippen LogP contribution is -2.37. The first-order chi connectivity index (χ1) is 8.49. The van der Waals surface area contributed by atoms with Crippen LogP contribution in [0.1, 0.15) is 0 Å². The van der Waals surface area contributed by atoms with E-state index < -0.39 is 41.0 Å². The van der Waals surface area contributed by atoms with Gasteiger partial charge in [-0.1, -0.05) is 0 Å². The van der Waals surface area contributed by atoms with Gasteiger partial charge in [-0.2, -0.15) is 0 Å². The number of carbonyl (C=O) groups is 1. The third kappa shape index (κ3) is 2.46. The van der Waals surface area contributed by atoms with Crippen molar-refractivity contribution >= 4 is 11.6 Å². The van der Waals surface area contributed by atoms with E-state index in [9.17, 15) is 18.0 Å². The summed E-state index contributed by atoms with van der Waals surface area (Å²) >= 11 is 0. The normalized spacial score (nSPS) is 23.1. The molecule has 0 bridgehead atoms. The number of halogens is 3. The Hall–Kier alpha value is -1.60. The quantitative estimate of drug-likeness (QED) is 0.780. The van der Waals surface area contributed by atoms with Gasteiger partial charge in [0.15, 0.2) is 11.6 Å². The SMILES string of the molecule is NC1COCC1C(=O)Nc1cc(F)c(F)cc1F. The smallest absolute Gasteiger partial charge is 0.231 e. The lowest BCUT2D eigenvalue weighted by Gasteiger charge is -2.13. The first-order valence-corrected chi connectivity index (χ1v) is 5.27. The van der Waals surface area contributed by atoms with Crippen LogP contribution in [-0.4, -0.2) is 25.2 Å². The van der Waals surface area contributed by atoms with E-state index in [4.69, 9.17) is 10.5 Å². The number of carbonyl (C=O) groups excluding carboxylic acids is 1. The molecule has 7 heteroatoms. The fraction of sp³-hybridized carbons (Fsp3) is 0.364. The van der Waals surface area contributed by atoms with Crippen molar-refractivity contribution in [2.24, 2.45) is 11.7 Å². The zero-order valence-electron chi connectivity index (χ0n) is 9.25. The molecule has 0 radical (unpaired) electrons. The van der Waals surface area contributed by atoms with Gasteiger partial charge in [0.1, 0.15) is 5.82 Å². The molecule has 1 amide bonds. The molecule has 1 saturated heterocycles. The zero-order valence-corrected chi connectivity index (χ0v) is 9.25. The Morgan fingerprint density at radius 3 is 2.50 bits per heavy atom. The van der Waals surface area contributed by atoms with E-state index in [1.807, 2.05) is 0 Å². The summed E-state index contributed by atoms with van der Waals surface area (Å²) in [4.78, 5) is 11.7. The van der Waals surface area contributed by atoms with Gasteiger partial charge in [0.05, 0.1) is 24.8 Å². The lowest BCUT2D eigenvalue weighted by molar-refractivity contribution is -0.120. The molecule has 1 aliphatic rings. The van der Waals surface area contributed by atoms with Crippen molar-refractivity contribution in [2.75, 3.05) is 18.5 Å². The molecule has 0 aromatic heterocycles. The van der Waals surface area contributed by atoms with E-state index in [-0.39, 0.29) is 13.2 Å². The summed E-state index contributed by atoms with van der Waals surface area (Å²) in [5, 5.41) is 2.17. The number of hydrogen-bond acceptors (Lipinski definition) is 3. The Morgan fingerprint density at radius 2 is 1.89 bits per heavy atom. The molecule has 18 heavy (non-hydrogen) atoms. The van der Waals surface area contributed by atoms with Gasteiger partial charge in [-0.05, 0) is 0 Å². The van der Waals surface area contributed by atoms with Crippen molar-refractivity contribution in [1.29, 1.82) is 0 Å². The number of benzene rings is 1. The highest BCUT2D eigenvalue weighted by Crippen LogP contribution is 2.20. The van der Waals surface area contributed by atoms with Crippen molar-refractivity contribution < 1.29 is 22.7 Å². The van der Waals surface area contributed by atoms with E-state index >= 15 is 0 Å². The highest BCUT2D eigenvalue weighted by Gasteiger charge is 2.31. The van der Waals surface area contributed by atoms with Crippen molar-refractivity contribution in [1.82, 2.24) is 0 Å². The second-order valence-electron chi connectivity index (χ2n) is 4.04. The van der Waals surface area contributed by atoms with E-state index in [0.29, 0.717) is 12.1 Å². The largest absolute Gasteiger partial charge is 0.379 e. The average molecular weight is 260 g/mol. The van der Waals surface area contributed by atoms with Gasteiger partial charge >= 0.3 is 0 Å². The predicted octanol–water partition coefficient (Wildman–Crippen LogP) is 1.02. The predicted molar refractivity (Wildman–Crippen MR) is 57.2 cm³/mol. The molecule has 1 aromatic rings. The maximum Gasteiger partial charge on any atom is 0.231 e. The molecule has 4 nitrogen and oxygen atoms in total. The molecule has 1 aromatic carbocycles. The highest BCUT2D eigenvalue weighted by atomic mass is 19.2. The highest BCUT2D eigenvalue weighted by molar-refractivity contribution is 5.93. The summed E-state index contributed by atoms with van der Waals surface area (Å²) in [6.45, 7) is 0.358. The molecule has 0 saturated carbocycles. The maximum atomic E-state index is 13.3. The van der Waals surface area contributed by atoms with E-state index in [0.717, 1.165) is 0 Å². The van der Waals surface area contributed by atoms with Crippen molar-refractivity contribution in [3.63, 3.8) is 0 Å². The first-order valence-electron chi connectivity index (χ1n) is 5.27. The Morgan fingerprint density at radius 1 is 1.22 bits per heavy atom. The van der Waals surface area contributed by atoms with Gasteiger partial charge in [0.25, 0.3) is 0 Å². The van der Waals surface area contributed by atoms with Gasteiger partial charge in [0, 0.05) is 18.2 Å². The first kappa shape index (κ1) is 12.8. The molecule has 98 valence electrons. The number of amides is 1.